The number of carbonyl (C=O) groups is 1. The second-order valence-electron chi connectivity index (χ2n) is 5.01. The molecule has 1 aromatic carbocycles. The molecular formula is C13H14Cl3NO3S. The number of hydrogen-bond acceptors (Lipinski definition) is 3. The molecule has 0 heterocycles. The first-order valence-electron chi connectivity index (χ1n) is 6.53. The lowest BCUT2D eigenvalue weighted by molar-refractivity contribution is 0.0927. The third-order valence-electron chi connectivity index (χ3n) is 3.47. The second-order valence-corrected chi connectivity index (χ2v) is 8.36. The fourth-order valence-corrected chi connectivity index (χ4v) is 4.23. The average molecular weight is 371 g/mol. The quantitative estimate of drug-likeness (QED) is 0.818. The van der Waals surface area contributed by atoms with Crippen molar-refractivity contribution in [2.45, 2.75) is 43.0 Å². The van der Waals surface area contributed by atoms with Crippen molar-refractivity contribution in [3.8, 4) is 0 Å². The van der Waals surface area contributed by atoms with Gasteiger partial charge in [0.15, 0.2) is 0 Å². The Morgan fingerprint density at radius 1 is 1.10 bits per heavy atom. The summed E-state index contributed by atoms with van der Waals surface area (Å²) in [5.74, 6) is -0.412. The smallest absolute Gasteiger partial charge is 0.262 e. The molecule has 0 aromatic heterocycles. The monoisotopic (exact) mass is 369 g/mol. The molecule has 21 heavy (non-hydrogen) atoms. The van der Waals surface area contributed by atoms with Crippen LogP contribution in [-0.4, -0.2) is 20.4 Å². The van der Waals surface area contributed by atoms with Crippen molar-refractivity contribution in [1.82, 2.24) is 5.32 Å². The van der Waals surface area contributed by atoms with Crippen LogP contribution in [0.4, 0.5) is 0 Å². The van der Waals surface area contributed by atoms with Crippen LogP contribution >= 0.6 is 33.9 Å². The molecule has 1 aliphatic rings. The molecule has 2 rings (SSSR count). The molecule has 1 aromatic rings. The van der Waals surface area contributed by atoms with Crippen molar-refractivity contribution in [1.29, 1.82) is 0 Å². The summed E-state index contributed by atoms with van der Waals surface area (Å²) in [4.78, 5) is 11.9. The molecule has 1 amide bonds. The van der Waals surface area contributed by atoms with Crippen LogP contribution in [0.5, 0.6) is 0 Å². The first kappa shape index (κ1) is 16.9. The third kappa shape index (κ3) is 4.25. The van der Waals surface area contributed by atoms with Gasteiger partial charge in [-0.05, 0) is 25.0 Å². The number of carbonyl (C=O) groups excluding carboxylic acids is 1. The maximum atomic E-state index is 12.2. The normalized spacial score (nSPS) is 16.7. The SMILES string of the molecule is O=C(NC1CCCCC1)c1cc(S(=O)(=O)Cl)c(Cl)cc1Cl. The number of benzene rings is 1. The topological polar surface area (TPSA) is 63.2 Å². The van der Waals surface area contributed by atoms with Gasteiger partial charge in [-0.1, -0.05) is 42.5 Å². The second kappa shape index (κ2) is 6.73. The first-order valence-corrected chi connectivity index (χ1v) is 9.60. The summed E-state index contributed by atoms with van der Waals surface area (Å²) in [5.41, 5.74) is 0.0610. The number of hydrogen-bond donors (Lipinski definition) is 1. The van der Waals surface area contributed by atoms with Crippen LogP contribution in [0.15, 0.2) is 17.0 Å². The summed E-state index contributed by atoms with van der Waals surface area (Å²) < 4.78 is 22.9. The Hall–Kier alpha value is -0.490. The van der Waals surface area contributed by atoms with Gasteiger partial charge in [-0.3, -0.25) is 4.79 Å². The van der Waals surface area contributed by atoms with Gasteiger partial charge in [0.1, 0.15) is 4.90 Å². The lowest BCUT2D eigenvalue weighted by Crippen LogP contribution is -2.36. The maximum Gasteiger partial charge on any atom is 0.262 e. The van der Waals surface area contributed by atoms with Gasteiger partial charge in [0, 0.05) is 16.7 Å². The van der Waals surface area contributed by atoms with Gasteiger partial charge >= 0.3 is 0 Å². The minimum absolute atomic E-state index is 0.0610. The summed E-state index contributed by atoms with van der Waals surface area (Å²) >= 11 is 11.8. The van der Waals surface area contributed by atoms with E-state index in [1.807, 2.05) is 0 Å². The van der Waals surface area contributed by atoms with Crippen molar-refractivity contribution in [3.05, 3.63) is 27.7 Å². The zero-order chi connectivity index (χ0) is 15.6. The highest BCUT2D eigenvalue weighted by Gasteiger charge is 2.23. The Balaban J connectivity index is 2.28. The van der Waals surface area contributed by atoms with Gasteiger partial charge in [-0.25, -0.2) is 8.42 Å². The van der Waals surface area contributed by atoms with E-state index in [0.29, 0.717) is 0 Å². The summed E-state index contributed by atoms with van der Waals surface area (Å²) in [6, 6.07) is 2.42. The van der Waals surface area contributed by atoms with E-state index in [1.165, 1.54) is 12.5 Å². The van der Waals surface area contributed by atoms with E-state index in [0.717, 1.165) is 31.7 Å². The van der Waals surface area contributed by atoms with E-state index < -0.39 is 15.0 Å². The summed E-state index contributed by atoms with van der Waals surface area (Å²) in [7, 11) is 1.26. The van der Waals surface area contributed by atoms with Crippen LogP contribution in [0.3, 0.4) is 0 Å². The standard InChI is InChI=1S/C13H14Cl3NO3S/c14-10-7-11(15)12(21(16,19)20)6-9(10)13(18)17-8-4-2-1-3-5-8/h6-8H,1-5H2,(H,17,18). The molecule has 0 spiro atoms. The maximum absolute atomic E-state index is 12.2. The molecule has 0 aliphatic heterocycles. The molecule has 1 saturated carbocycles. The Bertz CT molecular complexity index is 655. The lowest BCUT2D eigenvalue weighted by atomic mass is 9.95. The van der Waals surface area contributed by atoms with Gasteiger partial charge in [-0.15, -0.1) is 0 Å². The molecule has 0 unspecified atom stereocenters. The highest BCUT2D eigenvalue weighted by atomic mass is 35.7. The summed E-state index contributed by atoms with van der Waals surface area (Å²) in [6.45, 7) is 0. The Morgan fingerprint density at radius 3 is 2.29 bits per heavy atom. The van der Waals surface area contributed by atoms with Gasteiger partial charge < -0.3 is 5.32 Å². The van der Waals surface area contributed by atoms with Crippen LogP contribution in [0.25, 0.3) is 0 Å². The first-order chi connectivity index (χ1) is 9.79. The van der Waals surface area contributed by atoms with Crippen molar-refractivity contribution in [3.63, 3.8) is 0 Å². The molecule has 1 N–H and O–H groups in total. The molecule has 116 valence electrons. The molecular weight excluding hydrogens is 357 g/mol. The largest absolute Gasteiger partial charge is 0.349 e. The van der Waals surface area contributed by atoms with Crippen molar-refractivity contribution in [2.75, 3.05) is 0 Å². The summed E-state index contributed by atoms with van der Waals surface area (Å²) in [5, 5.41) is 2.86. The summed E-state index contributed by atoms with van der Waals surface area (Å²) in [6.07, 6.45) is 5.14. The minimum Gasteiger partial charge on any atom is -0.349 e. The molecule has 0 saturated heterocycles. The zero-order valence-electron chi connectivity index (χ0n) is 11.0. The van der Waals surface area contributed by atoms with Crippen molar-refractivity contribution < 1.29 is 13.2 Å². The fourth-order valence-electron chi connectivity index (χ4n) is 2.40. The highest BCUT2D eigenvalue weighted by Crippen LogP contribution is 2.31. The minimum atomic E-state index is -4.04. The van der Waals surface area contributed by atoms with E-state index in [4.69, 9.17) is 33.9 Å². The fraction of sp³-hybridized carbons (Fsp3) is 0.462. The van der Waals surface area contributed by atoms with Crippen LogP contribution < -0.4 is 5.32 Å². The van der Waals surface area contributed by atoms with Gasteiger partial charge in [0.2, 0.25) is 0 Å². The molecule has 0 radical (unpaired) electrons. The molecule has 1 aliphatic carbocycles. The predicted octanol–water partition coefficient (Wildman–Crippen LogP) is 3.98. The Labute approximate surface area is 138 Å². The zero-order valence-corrected chi connectivity index (χ0v) is 14.1. The molecule has 1 fully saturated rings. The van der Waals surface area contributed by atoms with Crippen LogP contribution in [0.1, 0.15) is 42.5 Å². The number of nitrogens with one attached hydrogen (secondary N) is 1. The van der Waals surface area contributed by atoms with Gasteiger partial charge in [0.05, 0.1) is 15.6 Å². The van der Waals surface area contributed by atoms with E-state index in [2.05, 4.69) is 5.32 Å². The number of rotatable bonds is 3. The van der Waals surface area contributed by atoms with Crippen LogP contribution in [0, 0.1) is 0 Å². The van der Waals surface area contributed by atoms with Gasteiger partial charge in [-0.2, -0.15) is 0 Å². The highest BCUT2D eigenvalue weighted by molar-refractivity contribution is 8.13. The van der Waals surface area contributed by atoms with E-state index in [1.54, 1.807) is 0 Å². The number of amides is 1. The molecule has 0 bridgehead atoms. The van der Waals surface area contributed by atoms with Gasteiger partial charge in [0.25, 0.3) is 15.0 Å². The van der Waals surface area contributed by atoms with Crippen LogP contribution in [-0.2, 0) is 9.05 Å². The number of halogens is 3. The molecule has 8 heteroatoms. The molecule has 0 atom stereocenters. The average Bonchev–Trinajstić information content (AvgIpc) is 2.38. The third-order valence-corrected chi connectivity index (χ3v) is 5.57. The van der Waals surface area contributed by atoms with Crippen molar-refractivity contribution >= 4 is 48.8 Å². The predicted molar refractivity (Wildman–Crippen MR) is 83.8 cm³/mol. The Morgan fingerprint density at radius 2 is 1.71 bits per heavy atom. The van der Waals surface area contributed by atoms with E-state index >= 15 is 0 Å². The molecule has 4 nitrogen and oxygen atoms in total. The van der Waals surface area contributed by atoms with Crippen molar-refractivity contribution in [2.24, 2.45) is 0 Å². The van der Waals surface area contributed by atoms with E-state index in [-0.39, 0.29) is 26.5 Å². The van der Waals surface area contributed by atoms with E-state index in [9.17, 15) is 13.2 Å². The Kier molecular flexibility index (Phi) is 5.41. The lowest BCUT2D eigenvalue weighted by Gasteiger charge is -2.23. The van der Waals surface area contributed by atoms with Crippen LogP contribution in [0.2, 0.25) is 10.0 Å².